The first-order valence-electron chi connectivity index (χ1n) is 9.89. The van der Waals surface area contributed by atoms with Crippen molar-refractivity contribution in [1.82, 2.24) is 29.7 Å². The third-order valence-electron chi connectivity index (χ3n) is 4.34. The third-order valence-corrected chi connectivity index (χ3v) is 5.16. The number of thioether (sulfide) groups is 1. The predicted octanol–water partition coefficient (Wildman–Crippen LogP) is 3.21. The second-order valence-electron chi connectivity index (χ2n) is 7.04. The molecule has 0 saturated carbocycles. The molecule has 0 spiro atoms. The Bertz CT molecular complexity index is 961. The number of para-hydroxylation sites is 1. The molecule has 3 rings (SSSR count). The number of anilines is 2. The van der Waals surface area contributed by atoms with Crippen molar-refractivity contribution in [2.24, 2.45) is 0 Å². The summed E-state index contributed by atoms with van der Waals surface area (Å²) in [5, 5.41) is 8.44. The average Bonchev–Trinajstić information content (AvgIpc) is 3.21. The Hall–Kier alpha value is -2.88. The average molecular weight is 429 g/mol. The topological polar surface area (TPSA) is 93.9 Å². The Kier molecular flexibility index (Phi) is 7.45. The molecule has 1 aromatic carbocycles. The lowest BCUT2D eigenvalue weighted by Gasteiger charge is -2.15. The first kappa shape index (κ1) is 21.8. The molecule has 0 amide bonds. The van der Waals surface area contributed by atoms with E-state index in [1.165, 1.54) is 11.8 Å². The van der Waals surface area contributed by atoms with E-state index in [1.807, 2.05) is 50.2 Å². The number of hydrogen-bond acceptors (Lipinski definition) is 9. The van der Waals surface area contributed by atoms with Crippen LogP contribution in [-0.4, -0.2) is 62.2 Å². The lowest BCUT2D eigenvalue weighted by molar-refractivity contribution is 0.341. The number of ether oxygens (including phenoxy) is 1. The van der Waals surface area contributed by atoms with Crippen molar-refractivity contribution in [1.29, 1.82) is 0 Å². The number of aromatic nitrogens is 6. The number of nitrogens with one attached hydrogen (secondary N) is 1. The number of aryl methyl sites for hydroxylation is 1. The van der Waals surface area contributed by atoms with Gasteiger partial charge in [0, 0.05) is 25.9 Å². The highest BCUT2D eigenvalue weighted by Crippen LogP contribution is 2.18. The first-order chi connectivity index (χ1) is 14.5. The van der Waals surface area contributed by atoms with Crippen LogP contribution < -0.4 is 15.0 Å². The molecule has 0 aliphatic carbocycles. The summed E-state index contributed by atoms with van der Waals surface area (Å²) in [4.78, 5) is 19.6. The van der Waals surface area contributed by atoms with Gasteiger partial charge in [-0.1, -0.05) is 36.9 Å². The van der Waals surface area contributed by atoms with Gasteiger partial charge in [0.1, 0.15) is 12.1 Å². The van der Waals surface area contributed by atoms with E-state index in [0.717, 1.165) is 23.5 Å². The normalized spacial score (nSPS) is 11.9. The predicted molar refractivity (Wildman–Crippen MR) is 120 cm³/mol. The summed E-state index contributed by atoms with van der Waals surface area (Å²) in [6.45, 7) is 6.80. The molecule has 1 N–H and O–H groups in total. The van der Waals surface area contributed by atoms with E-state index in [-0.39, 0.29) is 6.04 Å². The zero-order chi connectivity index (χ0) is 21.5. The lowest BCUT2D eigenvalue weighted by atomic mass is 10.2. The number of hydrogen-bond donors (Lipinski definition) is 1. The van der Waals surface area contributed by atoms with Gasteiger partial charge in [-0.25, -0.2) is 4.98 Å². The molecule has 2 aromatic heterocycles. The molecule has 3 aromatic rings. The van der Waals surface area contributed by atoms with Crippen LogP contribution in [0.4, 0.5) is 11.9 Å². The van der Waals surface area contributed by atoms with Gasteiger partial charge in [0.2, 0.25) is 17.1 Å². The van der Waals surface area contributed by atoms with Gasteiger partial charge in [0.05, 0.1) is 6.61 Å². The largest absolute Gasteiger partial charge is 0.492 e. The van der Waals surface area contributed by atoms with Gasteiger partial charge in [0.15, 0.2) is 0 Å². The number of rotatable bonds is 10. The second-order valence-corrected chi connectivity index (χ2v) is 8.10. The molecular formula is C20H28N8OS. The van der Waals surface area contributed by atoms with Crippen LogP contribution in [0.5, 0.6) is 5.75 Å². The summed E-state index contributed by atoms with van der Waals surface area (Å²) in [5.41, 5.74) is 1.12. The van der Waals surface area contributed by atoms with E-state index in [1.54, 1.807) is 11.0 Å². The fourth-order valence-electron chi connectivity index (χ4n) is 2.46. The van der Waals surface area contributed by atoms with Crippen LogP contribution in [-0.2, 0) is 0 Å². The summed E-state index contributed by atoms with van der Waals surface area (Å²) in [7, 11) is 3.78. The molecule has 1 unspecified atom stereocenters. The molecule has 10 heteroatoms. The van der Waals surface area contributed by atoms with Gasteiger partial charge in [-0.15, -0.1) is 5.10 Å². The molecule has 0 aliphatic heterocycles. The van der Waals surface area contributed by atoms with Crippen LogP contribution in [0.25, 0.3) is 5.95 Å². The van der Waals surface area contributed by atoms with Gasteiger partial charge < -0.3 is 15.0 Å². The quantitative estimate of drug-likeness (QED) is 0.386. The standard InChI is InChI=1S/C20H28N8OS/c1-6-15(3)22-17-23-18(27(4)5)25-19(24-17)28-13-21-20(26-28)30-12-11-29-16-10-8-7-9-14(16)2/h7-10,13,15H,6,11-12H2,1-5H3,(H,22,23,24,25). The minimum Gasteiger partial charge on any atom is -0.492 e. The van der Waals surface area contributed by atoms with Crippen molar-refractivity contribution in [3.8, 4) is 11.7 Å². The highest BCUT2D eigenvalue weighted by atomic mass is 32.2. The molecule has 0 radical (unpaired) electrons. The number of nitrogens with zero attached hydrogens (tertiary/aromatic N) is 7. The smallest absolute Gasteiger partial charge is 0.258 e. The van der Waals surface area contributed by atoms with Gasteiger partial charge in [-0.3, -0.25) is 0 Å². The number of benzene rings is 1. The summed E-state index contributed by atoms with van der Waals surface area (Å²) < 4.78 is 7.40. The minimum atomic E-state index is 0.255. The Morgan fingerprint density at radius 3 is 2.73 bits per heavy atom. The zero-order valence-electron chi connectivity index (χ0n) is 18.0. The van der Waals surface area contributed by atoms with Crippen molar-refractivity contribution in [2.45, 2.75) is 38.4 Å². The van der Waals surface area contributed by atoms with E-state index in [9.17, 15) is 0 Å². The molecule has 0 saturated heterocycles. The maximum atomic E-state index is 5.83. The molecule has 9 nitrogen and oxygen atoms in total. The van der Waals surface area contributed by atoms with Crippen LogP contribution in [0.2, 0.25) is 0 Å². The Labute approximate surface area is 181 Å². The van der Waals surface area contributed by atoms with E-state index < -0.39 is 0 Å². The SMILES string of the molecule is CCC(C)Nc1nc(N(C)C)nc(-n2cnc(SCCOc3ccccc3C)n2)n1. The van der Waals surface area contributed by atoms with Gasteiger partial charge in [-0.05, 0) is 31.9 Å². The van der Waals surface area contributed by atoms with Crippen LogP contribution in [0.3, 0.4) is 0 Å². The van der Waals surface area contributed by atoms with Crippen molar-refractivity contribution >= 4 is 23.7 Å². The van der Waals surface area contributed by atoms with Crippen molar-refractivity contribution in [3.05, 3.63) is 36.2 Å². The molecule has 30 heavy (non-hydrogen) atoms. The zero-order valence-corrected chi connectivity index (χ0v) is 18.8. The Morgan fingerprint density at radius 1 is 1.20 bits per heavy atom. The fraction of sp³-hybridized carbons (Fsp3) is 0.450. The first-order valence-corrected chi connectivity index (χ1v) is 10.9. The van der Waals surface area contributed by atoms with Gasteiger partial charge >= 0.3 is 0 Å². The van der Waals surface area contributed by atoms with E-state index in [4.69, 9.17) is 4.74 Å². The summed E-state index contributed by atoms with van der Waals surface area (Å²) >= 11 is 1.52. The maximum Gasteiger partial charge on any atom is 0.258 e. The van der Waals surface area contributed by atoms with Crippen molar-refractivity contribution < 1.29 is 4.74 Å². The van der Waals surface area contributed by atoms with Crippen LogP contribution in [0.1, 0.15) is 25.8 Å². The minimum absolute atomic E-state index is 0.255. The Morgan fingerprint density at radius 2 is 2.00 bits per heavy atom. The molecule has 160 valence electrons. The molecule has 1 atom stereocenters. The summed E-state index contributed by atoms with van der Waals surface area (Å²) in [5.74, 6) is 3.14. The summed E-state index contributed by atoms with van der Waals surface area (Å²) in [6, 6.07) is 8.24. The molecule has 0 bridgehead atoms. The molecular weight excluding hydrogens is 400 g/mol. The van der Waals surface area contributed by atoms with Gasteiger partial charge in [-0.2, -0.15) is 19.6 Å². The maximum absolute atomic E-state index is 5.83. The molecule has 0 fully saturated rings. The van der Waals surface area contributed by atoms with E-state index in [2.05, 4.69) is 44.2 Å². The third kappa shape index (κ3) is 5.82. The summed E-state index contributed by atoms with van der Waals surface area (Å²) in [6.07, 6.45) is 2.58. The van der Waals surface area contributed by atoms with Crippen LogP contribution in [0, 0.1) is 6.92 Å². The lowest BCUT2D eigenvalue weighted by Crippen LogP contribution is -2.21. The highest BCUT2D eigenvalue weighted by molar-refractivity contribution is 7.99. The van der Waals surface area contributed by atoms with E-state index in [0.29, 0.717) is 29.6 Å². The van der Waals surface area contributed by atoms with Crippen LogP contribution in [0.15, 0.2) is 35.7 Å². The molecule has 2 heterocycles. The molecule has 0 aliphatic rings. The van der Waals surface area contributed by atoms with E-state index >= 15 is 0 Å². The Balaban J connectivity index is 1.65. The van der Waals surface area contributed by atoms with Crippen LogP contribution >= 0.6 is 11.8 Å². The fourth-order valence-corrected chi connectivity index (χ4v) is 3.07. The van der Waals surface area contributed by atoms with Crippen molar-refractivity contribution in [2.75, 3.05) is 36.7 Å². The van der Waals surface area contributed by atoms with Crippen molar-refractivity contribution in [3.63, 3.8) is 0 Å². The second kappa shape index (κ2) is 10.2. The monoisotopic (exact) mass is 428 g/mol. The van der Waals surface area contributed by atoms with Gasteiger partial charge in [0.25, 0.3) is 5.95 Å². The highest BCUT2D eigenvalue weighted by Gasteiger charge is 2.13.